The van der Waals surface area contributed by atoms with Gasteiger partial charge in [0.25, 0.3) is 11.8 Å². The van der Waals surface area contributed by atoms with E-state index in [9.17, 15) is 14.4 Å². The van der Waals surface area contributed by atoms with Gasteiger partial charge in [-0.1, -0.05) is 12.1 Å². The topological polar surface area (TPSA) is 112 Å². The van der Waals surface area contributed by atoms with E-state index in [1.807, 2.05) is 26.8 Å². The van der Waals surface area contributed by atoms with Crippen molar-refractivity contribution in [3.63, 3.8) is 0 Å². The van der Waals surface area contributed by atoms with Crippen LogP contribution in [0.4, 0.5) is 0 Å². The summed E-state index contributed by atoms with van der Waals surface area (Å²) in [6, 6.07) is 10.2. The van der Waals surface area contributed by atoms with Gasteiger partial charge in [0.2, 0.25) is 0 Å². The van der Waals surface area contributed by atoms with Crippen molar-refractivity contribution in [2.45, 2.75) is 38.9 Å². The van der Waals surface area contributed by atoms with Crippen LogP contribution in [0.15, 0.2) is 53.8 Å². The maximum atomic E-state index is 13.1. The third-order valence-corrected chi connectivity index (χ3v) is 5.00. The van der Waals surface area contributed by atoms with Crippen LogP contribution in [-0.4, -0.2) is 50.7 Å². The molecular weight excluding hydrogens is 384 g/mol. The van der Waals surface area contributed by atoms with Crippen molar-refractivity contribution in [3.8, 4) is 0 Å². The lowest BCUT2D eigenvalue weighted by molar-refractivity contribution is -0.136. The van der Waals surface area contributed by atoms with E-state index in [0.29, 0.717) is 16.8 Å². The molecule has 3 rings (SSSR count). The van der Waals surface area contributed by atoms with Crippen LogP contribution in [0.1, 0.15) is 54.7 Å². The molecule has 0 bridgehead atoms. The van der Waals surface area contributed by atoms with Crippen molar-refractivity contribution >= 4 is 23.5 Å². The van der Waals surface area contributed by atoms with Gasteiger partial charge in [-0.15, -0.1) is 0 Å². The molecule has 0 saturated heterocycles. The highest BCUT2D eigenvalue weighted by Crippen LogP contribution is 2.34. The van der Waals surface area contributed by atoms with E-state index in [1.165, 1.54) is 0 Å². The second kappa shape index (κ2) is 8.44. The van der Waals surface area contributed by atoms with Gasteiger partial charge in [-0.25, -0.2) is 0 Å². The quantitative estimate of drug-likeness (QED) is 0.731. The summed E-state index contributed by atoms with van der Waals surface area (Å²) in [5.41, 5.74) is 1.62. The van der Waals surface area contributed by atoms with E-state index < -0.39 is 11.6 Å². The molecule has 1 aromatic carbocycles. The second-order valence-electron chi connectivity index (χ2n) is 7.57. The predicted octanol–water partition coefficient (Wildman–Crippen LogP) is 2.41. The van der Waals surface area contributed by atoms with Crippen molar-refractivity contribution in [2.75, 3.05) is 6.54 Å². The zero-order valence-corrected chi connectivity index (χ0v) is 17.1. The van der Waals surface area contributed by atoms with Gasteiger partial charge in [0, 0.05) is 30.1 Å². The van der Waals surface area contributed by atoms with E-state index >= 15 is 0 Å². The molecule has 2 N–H and O–H groups in total. The predicted molar refractivity (Wildman–Crippen MR) is 111 cm³/mol. The monoisotopic (exact) mass is 408 g/mol. The van der Waals surface area contributed by atoms with Crippen LogP contribution in [-0.2, 0) is 9.59 Å². The highest BCUT2D eigenvalue weighted by atomic mass is 16.4. The SMILES string of the molecule is C[C@H](c1ccc(C(=O)NCCC(=O)O)cc1)N1C(=O)C(c2cccnc2)=NC1(C)C. The van der Waals surface area contributed by atoms with Gasteiger partial charge in [0.1, 0.15) is 11.4 Å². The third-order valence-electron chi connectivity index (χ3n) is 5.00. The van der Waals surface area contributed by atoms with Gasteiger partial charge in [-0.3, -0.25) is 24.4 Å². The van der Waals surface area contributed by atoms with Crippen molar-refractivity contribution in [2.24, 2.45) is 4.99 Å². The molecule has 2 heterocycles. The lowest BCUT2D eigenvalue weighted by Crippen LogP contribution is -2.44. The summed E-state index contributed by atoms with van der Waals surface area (Å²) in [4.78, 5) is 46.3. The number of carboxylic acids is 1. The zero-order valence-electron chi connectivity index (χ0n) is 17.1. The van der Waals surface area contributed by atoms with Gasteiger partial charge in [0.05, 0.1) is 12.5 Å². The molecule has 0 aliphatic carbocycles. The lowest BCUT2D eigenvalue weighted by Gasteiger charge is -2.35. The number of carboxylic acid groups (broad SMARTS) is 1. The minimum atomic E-state index is -0.967. The number of aliphatic imine (C=N–C) groups is 1. The van der Waals surface area contributed by atoms with E-state index in [2.05, 4.69) is 15.3 Å². The Labute approximate surface area is 174 Å². The summed E-state index contributed by atoms with van der Waals surface area (Å²) in [7, 11) is 0. The Morgan fingerprint density at radius 3 is 2.50 bits per heavy atom. The summed E-state index contributed by atoms with van der Waals surface area (Å²) < 4.78 is 0. The molecule has 0 fully saturated rings. The summed E-state index contributed by atoms with van der Waals surface area (Å²) in [6.45, 7) is 5.75. The van der Waals surface area contributed by atoms with Crippen LogP contribution in [0.3, 0.4) is 0 Å². The fourth-order valence-electron chi connectivity index (χ4n) is 3.53. The number of aliphatic carboxylic acids is 1. The first-order chi connectivity index (χ1) is 14.2. The second-order valence-corrected chi connectivity index (χ2v) is 7.57. The van der Waals surface area contributed by atoms with Crippen molar-refractivity contribution < 1.29 is 19.5 Å². The number of hydrogen-bond donors (Lipinski definition) is 2. The Hall–Kier alpha value is -3.55. The Kier molecular flexibility index (Phi) is 5.96. The summed E-state index contributed by atoms with van der Waals surface area (Å²) in [5, 5.41) is 11.2. The number of amides is 2. The smallest absolute Gasteiger partial charge is 0.305 e. The first-order valence-corrected chi connectivity index (χ1v) is 9.64. The van der Waals surface area contributed by atoms with Gasteiger partial charge in [-0.05, 0) is 50.6 Å². The number of nitrogens with zero attached hydrogens (tertiary/aromatic N) is 3. The van der Waals surface area contributed by atoms with E-state index in [1.54, 1.807) is 47.6 Å². The number of rotatable bonds is 7. The van der Waals surface area contributed by atoms with E-state index in [0.717, 1.165) is 5.56 Å². The van der Waals surface area contributed by atoms with Crippen LogP contribution in [0.25, 0.3) is 0 Å². The molecule has 1 aromatic heterocycles. The molecule has 2 amide bonds. The molecule has 0 saturated carbocycles. The number of hydrogen-bond acceptors (Lipinski definition) is 5. The van der Waals surface area contributed by atoms with E-state index in [4.69, 9.17) is 5.11 Å². The average Bonchev–Trinajstić information content (AvgIpc) is 2.96. The Bertz CT molecular complexity index is 984. The van der Waals surface area contributed by atoms with Crippen molar-refractivity contribution in [1.29, 1.82) is 0 Å². The molecule has 156 valence electrons. The fourth-order valence-corrected chi connectivity index (χ4v) is 3.53. The normalized spacial score (nSPS) is 16.2. The van der Waals surface area contributed by atoms with Crippen molar-refractivity contribution in [3.05, 3.63) is 65.5 Å². The average molecular weight is 408 g/mol. The van der Waals surface area contributed by atoms with Gasteiger partial charge in [0.15, 0.2) is 0 Å². The number of carbonyl (C=O) groups excluding carboxylic acids is 2. The Morgan fingerprint density at radius 2 is 1.90 bits per heavy atom. The summed E-state index contributed by atoms with van der Waals surface area (Å²) in [6.07, 6.45) is 3.14. The largest absolute Gasteiger partial charge is 0.481 e. The highest BCUT2D eigenvalue weighted by Gasteiger charge is 2.43. The van der Waals surface area contributed by atoms with Crippen LogP contribution < -0.4 is 5.32 Å². The molecule has 0 radical (unpaired) electrons. The summed E-state index contributed by atoms with van der Waals surface area (Å²) in [5.74, 6) is -1.48. The van der Waals surface area contributed by atoms with Crippen LogP contribution >= 0.6 is 0 Å². The molecule has 0 unspecified atom stereocenters. The van der Waals surface area contributed by atoms with Crippen molar-refractivity contribution in [1.82, 2.24) is 15.2 Å². The third kappa shape index (κ3) is 4.37. The molecule has 1 atom stereocenters. The number of benzene rings is 1. The standard InChI is InChI=1S/C22H24N4O4/c1-14(15-6-8-16(9-7-15)20(29)24-12-10-18(27)28)26-21(30)19(25-22(26,2)3)17-5-4-11-23-13-17/h4-9,11,13-14H,10,12H2,1-3H3,(H,24,29)(H,27,28)/t14-/m1/s1. The minimum Gasteiger partial charge on any atom is -0.481 e. The van der Waals surface area contributed by atoms with Gasteiger partial charge < -0.3 is 15.3 Å². The molecule has 30 heavy (non-hydrogen) atoms. The van der Waals surface area contributed by atoms with Gasteiger partial charge >= 0.3 is 5.97 Å². The molecule has 0 spiro atoms. The number of nitrogens with one attached hydrogen (secondary N) is 1. The number of carbonyl (C=O) groups is 3. The number of aromatic nitrogens is 1. The molecule has 8 heteroatoms. The molecular formula is C22H24N4O4. The first kappa shape index (κ1) is 21.2. The minimum absolute atomic E-state index is 0.0667. The molecule has 1 aliphatic rings. The number of pyridine rings is 1. The zero-order chi connectivity index (χ0) is 21.9. The maximum absolute atomic E-state index is 13.1. The van der Waals surface area contributed by atoms with Crippen LogP contribution in [0, 0.1) is 0 Å². The first-order valence-electron chi connectivity index (χ1n) is 9.64. The van der Waals surface area contributed by atoms with Crippen LogP contribution in [0.5, 0.6) is 0 Å². The molecule has 1 aliphatic heterocycles. The molecule has 8 nitrogen and oxygen atoms in total. The Morgan fingerprint density at radius 1 is 1.20 bits per heavy atom. The van der Waals surface area contributed by atoms with Gasteiger partial charge in [-0.2, -0.15) is 0 Å². The lowest BCUT2D eigenvalue weighted by atomic mass is 10.0. The summed E-state index contributed by atoms with van der Waals surface area (Å²) >= 11 is 0. The Balaban J connectivity index is 1.75. The highest BCUT2D eigenvalue weighted by molar-refractivity contribution is 6.46. The molecule has 2 aromatic rings. The van der Waals surface area contributed by atoms with E-state index in [-0.39, 0.29) is 30.8 Å². The van der Waals surface area contributed by atoms with Crippen LogP contribution in [0.2, 0.25) is 0 Å². The maximum Gasteiger partial charge on any atom is 0.305 e. The fraction of sp³-hybridized carbons (Fsp3) is 0.318.